The third kappa shape index (κ3) is 2.21. The van der Waals surface area contributed by atoms with Crippen molar-refractivity contribution < 1.29 is 4.79 Å². The van der Waals surface area contributed by atoms with Crippen LogP contribution >= 0.6 is 11.3 Å². The highest BCUT2D eigenvalue weighted by atomic mass is 32.1. The Morgan fingerprint density at radius 1 is 1.12 bits per heavy atom. The molecule has 0 saturated heterocycles. The zero-order valence-electron chi connectivity index (χ0n) is 13.0. The van der Waals surface area contributed by atoms with Gasteiger partial charge in [0.15, 0.2) is 5.78 Å². The molecule has 24 heavy (non-hydrogen) atoms. The Morgan fingerprint density at radius 3 is 2.58 bits per heavy atom. The van der Waals surface area contributed by atoms with Crippen molar-refractivity contribution >= 4 is 37.6 Å². The van der Waals surface area contributed by atoms with Gasteiger partial charge in [-0.15, -0.1) is 16.4 Å². The number of rotatable bonds is 2. The van der Waals surface area contributed by atoms with Crippen molar-refractivity contribution in [3.05, 3.63) is 58.0 Å². The molecule has 0 aliphatic heterocycles. The first-order chi connectivity index (χ1) is 11.5. The molecule has 7 heteroatoms. The number of benzene rings is 1. The fourth-order valence-electron chi connectivity index (χ4n) is 2.53. The second-order valence-electron chi connectivity index (χ2n) is 5.49. The van der Waals surface area contributed by atoms with Crippen LogP contribution in [0.2, 0.25) is 0 Å². The highest BCUT2D eigenvalue weighted by Crippen LogP contribution is 2.28. The predicted octanol–water partition coefficient (Wildman–Crippen LogP) is 2.90. The lowest BCUT2D eigenvalue weighted by Crippen LogP contribution is -2.21. The first-order valence-electron chi connectivity index (χ1n) is 7.32. The highest BCUT2D eigenvalue weighted by Gasteiger charge is 2.14. The fourth-order valence-corrected chi connectivity index (χ4v) is 3.61. The topological polar surface area (TPSA) is 77.7 Å². The zero-order chi connectivity index (χ0) is 16.8. The lowest BCUT2D eigenvalue weighted by Gasteiger charge is -2.03. The summed E-state index contributed by atoms with van der Waals surface area (Å²) in [6.07, 6.45) is 0. The molecule has 0 unspecified atom stereocenters. The molecule has 1 aromatic carbocycles. The second kappa shape index (κ2) is 5.31. The smallest absolute Gasteiger partial charge is 0.292 e. The van der Waals surface area contributed by atoms with E-state index in [4.69, 9.17) is 0 Å². The lowest BCUT2D eigenvalue weighted by molar-refractivity contribution is 0.101. The van der Waals surface area contributed by atoms with Crippen LogP contribution in [0.1, 0.15) is 23.0 Å². The number of ketones is 1. The van der Waals surface area contributed by atoms with E-state index in [1.807, 2.05) is 19.1 Å². The monoisotopic (exact) mass is 336 g/mol. The first-order valence-corrected chi connectivity index (χ1v) is 8.13. The van der Waals surface area contributed by atoms with Crippen LogP contribution in [0.15, 0.2) is 41.2 Å². The number of carbonyl (C=O) groups is 1. The van der Waals surface area contributed by atoms with Gasteiger partial charge in [0.25, 0.3) is 5.56 Å². The van der Waals surface area contributed by atoms with E-state index in [2.05, 4.69) is 15.3 Å². The van der Waals surface area contributed by atoms with Gasteiger partial charge in [-0.3, -0.25) is 9.59 Å². The standard InChI is InChI=1S/C17H12N4O2S/c1-9-3-8-13-14-15(24-16(13)18-9)17(23)21(20-19-14)12-6-4-11(5-7-12)10(2)22/h3-8H,1-2H3. The Morgan fingerprint density at radius 2 is 1.88 bits per heavy atom. The summed E-state index contributed by atoms with van der Waals surface area (Å²) in [4.78, 5) is 29.4. The third-order valence-electron chi connectivity index (χ3n) is 3.81. The van der Waals surface area contributed by atoms with Gasteiger partial charge in [0.05, 0.1) is 5.69 Å². The summed E-state index contributed by atoms with van der Waals surface area (Å²) in [6.45, 7) is 3.41. The molecule has 0 aliphatic rings. The molecule has 0 N–H and O–H groups in total. The molecule has 3 aromatic heterocycles. The van der Waals surface area contributed by atoms with Crippen LogP contribution in [0.25, 0.3) is 26.1 Å². The van der Waals surface area contributed by atoms with E-state index in [1.54, 1.807) is 24.3 Å². The molecule has 4 rings (SSSR count). The Kier molecular flexibility index (Phi) is 3.24. The van der Waals surface area contributed by atoms with Crippen LogP contribution in [0.4, 0.5) is 0 Å². The van der Waals surface area contributed by atoms with Crippen LogP contribution in [-0.4, -0.2) is 25.8 Å². The quantitative estimate of drug-likeness (QED) is 0.526. The second-order valence-corrected chi connectivity index (χ2v) is 6.49. The summed E-state index contributed by atoms with van der Waals surface area (Å²) < 4.78 is 1.77. The van der Waals surface area contributed by atoms with Gasteiger partial charge in [0.1, 0.15) is 15.0 Å². The van der Waals surface area contributed by atoms with Crippen molar-refractivity contribution in [1.29, 1.82) is 0 Å². The number of carbonyl (C=O) groups excluding carboxylic acids is 1. The molecular weight excluding hydrogens is 324 g/mol. The first kappa shape index (κ1) is 14.6. The maximum atomic E-state index is 12.8. The largest absolute Gasteiger partial charge is 0.295 e. The predicted molar refractivity (Wildman–Crippen MR) is 93.1 cm³/mol. The number of aromatic nitrogens is 4. The van der Waals surface area contributed by atoms with E-state index in [0.717, 1.165) is 15.9 Å². The van der Waals surface area contributed by atoms with Crippen LogP contribution < -0.4 is 5.56 Å². The van der Waals surface area contributed by atoms with E-state index in [1.165, 1.54) is 22.9 Å². The Labute approximate surface area is 140 Å². The Bertz CT molecular complexity index is 1160. The van der Waals surface area contributed by atoms with E-state index in [-0.39, 0.29) is 11.3 Å². The molecular formula is C17H12N4O2S. The summed E-state index contributed by atoms with van der Waals surface area (Å²) in [5.74, 6) is -0.0265. The minimum atomic E-state index is -0.240. The number of hydrogen-bond acceptors (Lipinski definition) is 6. The fraction of sp³-hybridized carbons (Fsp3) is 0.118. The van der Waals surface area contributed by atoms with Crippen molar-refractivity contribution in [2.24, 2.45) is 0 Å². The van der Waals surface area contributed by atoms with Gasteiger partial charge >= 0.3 is 0 Å². The molecule has 0 spiro atoms. The van der Waals surface area contributed by atoms with Crippen molar-refractivity contribution in [1.82, 2.24) is 20.0 Å². The average molecular weight is 336 g/mol. The Balaban J connectivity index is 1.94. The van der Waals surface area contributed by atoms with Crippen molar-refractivity contribution in [2.45, 2.75) is 13.8 Å². The van der Waals surface area contributed by atoms with Crippen molar-refractivity contribution in [3.8, 4) is 5.69 Å². The summed E-state index contributed by atoms with van der Waals surface area (Å²) in [6, 6.07) is 10.5. The van der Waals surface area contributed by atoms with Gasteiger partial charge in [0.2, 0.25) is 0 Å². The molecule has 3 heterocycles. The van der Waals surface area contributed by atoms with Crippen LogP contribution in [0.5, 0.6) is 0 Å². The molecule has 0 radical (unpaired) electrons. The van der Waals surface area contributed by atoms with E-state index in [9.17, 15) is 9.59 Å². The highest BCUT2D eigenvalue weighted by molar-refractivity contribution is 7.25. The van der Waals surface area contributed by atoms with Gasteiger partial charge in [-0.05, 0) is 50.2 Å². The minimum Gasteiger partial charge on any atom is -0.295 e. The van der Waals surface area contributed by atoms with E-state index < -0.39 is 0 Å². The molecule has 0 bridgehead atoms. The van der Waals surface area contributed by atoms with Gasteiger partial charge in [-0.1, -0.05) is 5.21 Å². The van der Waals surface area contributed by atoms with Gasteiger partial charge < -0.3 is 0 Å². The normalized spacial score (nSPS) is 11.2. The van der Waals surface area contributed by atoms with Gasteiger partial charge in [-0.25, -0.2) is 4.98 Å². The number of Topliss-reactive ketones (excluding diaryl/α,β-unsaturated/α-hetero) is 1. The molecule has 0 saturated carbocycles. The maximum absolute atomic E-state index is 12.8. The lowest BCUT2D eigenvalue weighted by atomic mass is 10.1. The zero-order valence-corrected chi connectivity index (χ0v) is 13.8. The van der Waals surface area contributed by atoms with E-state index in [0.29, 0.717) is 21.5 Å². The summed E-state index contributed by atoms with van der Waals surface area (Å²) in [5, 5.41) is 9.09. The van der Waals surface area contributed by atoms with Crippen LogP contribution in [0.3, 0.4) is 0 Å². The molecule has 118 valence electrons. The molecule has 0 fully saturated rings. The van der Waals surface area contributed by atoms with Crippen molar-refractivity contribution in [3.63, 3.8) is 0 Å². The molecule has 0 atom stereocenters. The summed E-state index contributed by atoms with van der Waals surface area (Å²) in [7, 11) is 0. The third-order valence-corrected chi connectivity index (χ3v) is 4.88. The molecule has 0 amide bonds. The van der Waals surface area contributed by atoms with Gasteiger partial charge in [0, 0.05) is 16.6 Å². The maximum Gasteiger partial charge on any atom is 0.292 e. The summed E-state index contributed by atoms with van der Waals surface area (Å²) in [5.41, 5.74) is 2.38. The molecule has 4 aromatic rings. The van der Waals surface area contributed by atoms with Crippen LogP contribution in [-0.2, 0) is 0 Å². The molecule has 6 nitrogen and oxygen atoms in total. The SMILES string of the molecule is CC(=O)c1ccc(-n2nnc3c(sc4nc(C)ccc43)c2=O)cc1. The van der Waals surface area contributed by atoms with E-state index >= 15 is 0 Å². The number of hydrogen-bond donors (Lipinski definition) is 0. The van der Waals surface area contributed by atoms with Gasteiger partial charge in [-0.2, -0.15) is 4.68 Å². The summed E-state index contributed by atoms with van der Waals surface area (Å²) >= 11 is 1.32. The number of nitrogens with zero attached hydrogens (tertiary/aromatic N) is 4. The number of pyridine rings is 1. The molecule has 0 aliphatic carbocycles. The number of thiophene rings is 1. The number of fused-ring (bicyclic) bond motifs is 3. The van der Waals surface area contributed by atoms with Crippen molar-refractivity contribution in [2.75, 3.05) is 0 Å². The average Bonchev–Trinajstić information content (AvgIpc) is 2.94. The van der Waals surface area contributed by atoms with Crippen LogP contribution in [0, 0.1) is 6.92 Å². The Hall–Kier alpha value is -2.93. The number of aryl methyl sites for hydroxylation is 1. The minimum absolute atomic E-state index is 0.0265.